The van der Waals surface area contributed by atoms with Gasteiger partial charge in [0.15, 0.2) is 0 Å². The molecule has 0 bridgehead atoms. The van der Waals surface area contributed by atoms with Crippen molar-refractivity contribution in [1.29, 1.82) is 5.26 Å². The highest BCUT2D eigenvalue weighted by Crippen LogP contribution is 2.41. The van der Waals surface area contributed by atoms with Crippen LogP contribution in [0.2, 0.25) is 0 Å². The molecule has 3 heteroatoms. The number of allylic oxidation sites excluding steroid dienone is 2. The number of anilines is 1. The molecule has 1 heterocycles. The maximum Gasteiger partial charge on any atom is 0.0998 e. The summed E-state index contributed by atoms with van der Waals surface area (Å²) in [5.74, 6) is 0. The minimum atomic E-state index is 0.00498. The molecule has 0 saturated carbocycles. The van der Waals surface area contributed by atoms with E-state index in [4.69, 9.17) is 0 Å². The summed E-state index contributed by atoms with van der Waals surface area (Å²) in [6.07, 6.45) is 5.47. The summed E-state index contributed by atoms with van der Waals surface area (Å²) in [7, 11) is 0. The van der Waals surface area contributed by atoms with E-state index in [9.17, 15) is 5.26 Å². The Labute approximate surface area is 177 Å². The zero-order valence-corrected chi connectivity index (χ0v) is 18.9. The number of hydrogen-bond acceptors (Lipinski definition) is 2. The van der Waals surface area contributed by atoms with E-state index in [0.29, 0.717) is 5.57 Å². The molecule has 0 aliphatic carbocycles. The third-order valence-electron chi connectivity index (χ3n) is 5.37. The molecule has 0 atom stereocenters. The number of nitriles is 1. The van der Waals surface area contributed by atoms with Crippen molar-refractivity contribution in [3.05, 3.63) is 69.2 Å². The smallest absolute Gasteiger partial charge is 0.0998 e. The molecule has 0 N–H and O–H groups in total. The van der Waals surface area contributed by atoms with Crippen LogP contribution in [0.4, 0.5) is 5.69 Å². The van der Waals surface area contributed by atoms with Gasteiger partial charge < -0.3 is 4.90 Å². The number of rotatable bonds is 4. The van der Waals surface area contributed by atoms with Gasteiger partial charge in [0.1, 0.15) is 0 Å². The van der Waals surface area contributed by atoms with Gasteiger partial charge in [-0.2, -0.15) is 5.26 Å². The molecule has 2 aromatic rings. The topological polar surface area (TPSA) is 27.0 Å². The van der Waals surface area contributed by atoms with Crippen molar-refractivity contribution >= 4 is 38.8 Å². The van der Waals surface area contributed by atoms with E-state index < -0.39 is 0 Å². The predicted octanol–water partition coefficient (Wildman–Crippen LogP) is 7.23. The van der Waals surface area contributed by atoms with Crippen molar-refractivity contribution in [3.8, 4) is 6.07 Å². The van der Waals surface area contributed by atoms with Crippen LogP contribution in [0, 0.1) is 18.3 Å². The van der Waals surface area contributed by atoms with Gasteiger partial charge >= 0.3 is 0 Å². The van der Waals surface area contributed by atoms with E-state index in [0.717, 1.165) is 28.6 Å². The highest BCUT2D eigenvalue weighted by molar-refractivity contribution is 9.10. The Bertz CT molecular complexity index is 1010. The first-order chi connectivity index (χ1) is 13.3. The van der Waals surface area contributed by atoms with Crippen LogP contribution in [0.3, 0.4) is 0 Å². The summed E-state index contributed by atoms with van der Waals surface area (Å²) in [5, 5.41) is 9.74. The summed E-state index contributed by atoms with van der Waals surface area (Å²) in [6, 6.07) is 14.8. The van der Waals surface area contributed by atoms with Crippen LogP contribution in [0.1, 0.15) is 56.4 Å². The average molecular weight is 435 g/mol. The van der Waals surface area contributed by atoms with E-state index in [1.807, 2.05) is 30.3 Å². The summed E-state index contributed by atoms with van der Waals surface area (Å²) in [6.45, 7) is 12.1. The molecule has 0 saturated heterocycles. The Morgan fingerprint density at radius 2 is 1.96 bits per heavy atom. The van der Waals surface area contributed by atoms with Crippen molar-refractivity contribution in [2.24, 2.45) is 0 Å². The first-order valence-electron chi connectivity index (χ1n) is 9.76. The lowest BCUT2D eigenvalue weighted by molar-refractivity contribution is 0.550. The SMILES string of the molecule is CCCN1c2cc(C)c(/C=C(\C#N)c3cccc(Br)c3)cc2C(C)=CC1(C)C. The molecule has 1 aliphatic rings. The fourth-order valence-corrected chi connectivity index (χ4v) is 4.42. The molecule has 0 radical (unpaired) electrons. The standard InChI is InChI=1S/C25H27BrN2/c1-6-10-28-24-11-17(2)20(14-23(24)18(3)15-25(28,4)5)12-21(16-27)19-8-7-9-22(26)13-19/h7-9,11-15H,6,10H2,1-5H3/b21-12+. The molecule has 144 valence electrons. The van der Waals surface area contributed by atoms with Crippen LogP contribution >= 0.6 is 15.9 Å². The molecular weight excluding hydrogens is 408 g/mol. The van der Waals surface area contributed by atoms with E-state index in [-0.39, 0.29) is 5.54 Å². The van der Waals surface area contributed by atoms with E-state index in [1.165, 1.54) is 22.4 Å². The van der Waals surface area contributed by atoms with Crippen molar-refractivity contribution in [2.45, 2.75) is 46.6 Å². The minimum Gasteiger partial charge on any atom is -0.362 e. The number of hydrogen-bond donors (Lipinski definition) is 0. The Morgan fingerprint density at radius 1 is 1.21 bits per heavy atom. The third-order valence-corrected chi connectivity index (χ3v) is 5.86. The van der Waals surface area contributed by atoms with Crippen LogP contribution < -0.4 is 4.90 Å². The molecule has 0 spiro atoms. The molecular formula is C25H27BrN2. The fourth-order valence-electron chi connectivity index (χ4n) is 4.02. The normalized spacial score (nSPS) is 15.7. The zero-order valence-electron chi connectivity index (χ0n) is 17.3. The number of aryl methyl sites for hydroxylation is 1. The molecule has 3 rings (SSSR count). The molecule has 2 aromatic carbocycles. The van der Waals surface area contributed by atoms with Crippen LogP contribution in [-0.2, 0) is 0 Å². The first kappa shape index (κ1) is 20.4. The zero-order chi connectivity index (χ0) is 20.5. The molecule has 2 nitrogen and oxygen atoms in total. The molecule has 1 aliphatic heterocycles. The quantitative estimate of drug-likeness (QED) is 0.374. The predicted molar refractivity (Wildman–Crippen MR) is 124 cm³/mol. The Morgan fingerprint density at radius 3 is 2.61 bits per heavy atom. The molecule has 28 heavy (non-hydrogen) atoms. The van der Waals surface area contributed by atoms with Gasteiger partial charge in [0.25, 0.3) is 0 Å². The monoisotopic (exact) mass is 434 g/mol. The van der Waals surface area contributed by atoms with E-state index in [1.54, 1.807) is 0 Å². The number of benzene rings is 2. The largest absolute Gasteiger partial charge is 0.362 e. The Balaban J connectivity index is 2.13. The lowest BCUT2D eigenvalue weighted by Crippen LogP contribution is -2.45. The lowest BCUT2D eigenvalue weighted by atomic mass is 9.86. The van der Waals surface area contributed by atoms with Crippen LogP contribution in [-0.4, -0.2) is 12.1 Å². The minimum absolute atomic E-state index is 0.00498. The van der Waals surface area contributed by atoms with E-state index >= 15 is 0 Å². The number of halogens is 1. The van der Waals surface area contributed by atoms with Gasteiger partial charge in [-0.05, 0) is 86.7 Å². The van der Waals surface area contributed by atoms with Gasteiger partial charge in [-0.15, -0.1) is 0 Å². The summed E-state index contributed by atoms with van der Waals surface area (Å²) in [5.41, 5.74) is 7.74. The van der Waals surface area contributed by atoms with Gasteiger partial charge in [-0.1, -0.05) is 41.1 Å². The van der Waals surface area contributed by atoms with Gasteiger partial charge in [0.2, 0.25) is 0 Å². The third kappa shape index (κ3) is 3.93. The van der Waals surface area contributed by atoms with Crippen molar-refractivity contribution in [1.82, 2.24) is 0 Å². The highest BCUT2D eigenvalue weighted by atomic mass is 79.9. The van der Waals surface area contributed by atoms with Crippen LogP contribution in [0.25, 0.3) is 17.2 Å². The summed E-state index contributed by atoms with van der Waals surface area (Å²) >= 11 is 3.50. The average Bonchev–Trinajstić information content (AvgIpc) is 2.63. The second-order valence-electron chi connectivity index (χ2n) is 8.04. The second-order valence-corrected chi connectivity index (χ2v) is 8.95. The number of fused-ring (bicyclic) bond motifs is 1. The number of nitrogens with zero attached hydrogens (tertiary/aromatic N) is 2. The highest BCUT2D eigenvalue weighted by Gasteiger charge is 2.31. The first-order valence-corrected chi connectivity index (χ1v) is 10.6. The summed E-state index contributed by atoms with van der Waals surface area (Å²) < 4.78 is 0.976. The van der Waals surface area contributed by atoms with Crippen molar-refractivity contribution < 1.29 is 0 Å². The van der Waals surface area contributed by atoms with Gasteiger partial charge in [0, 0.05) is 22.3 Å². The molecule has 0 amide bonds. The fraction of sp³-hybridized carbons (Fsp3) is 0.320. The lowest BCUT2D eigenvalue weighted by Gasteiger charge is -2.43. The van der Waals surface area contributed by atoms with Crippen LogP contribution in [0.5, 0.6) is 0 Å². The van der Waals surface area contributed by atoms with Gasteiger partial charge in [0.05, 0.1) is 17.2 Å². The second kappa shape index (κ2) is 7.97. The van der Waals surface area contributed by atoms with E-state index in [2.05, 4.69) is 79.7 Å². The summed E-state index contributed by atoms with van der Waals surface area (Å²) in [4.78, 5) is 2.50. The maximum absolute atomic E-state index is 9.74. The van der Waals surface area contributed by atoms with Gasteiger partial charge in [-0.25, -0.2) is 0 Å². The molecule has 0 unspecified atom stereocenters. The molecule has 0 fully saturated rings. The Hall–Kier alpha value is -2.31. The van der Waals surface area contributed by atoms with Crippen LogP contribution in [0.15, 0.2) is 46.9 Å². The maximum atomic E-state index is 9.74. The van der Waals surface area contributed by atoms with Crippen molar-refractivity contribution in [3.63, 3.8) is 0 Å². The van der Waals surface area contributed by atoms with Gasteiger partial charge in [-0.3, -0.25) is 0 Å². The van der Waals surface area contributed by atoms with Crippen molar-refractivity contribution in [2.75, 3.05) is 11.4 Å². The molecule has 0 aromatic heterocycles. The Kier molecular flexibility index (Phi) is 5.82.